The summed E-state index contributed by atoms with van der Waals surface area (Å²) in [7, 11) is 0. The van der Waals surface area contributed by atoms with Crippen molar-refractivity contribution in [1.29, 1.82) is 0 Å². The van der Waals surface area contributed by atoms with Crippen LogP contribution < -0.4 is 5.32 Å². The Morgan fingerprint density at radius 3 is 2.63 bits per heavy atom. The summed E-state index contributed by atoms with van der Waals surface area (Å²) in [5, 5.41) is 3.42. The monoisotopic (exact) mass is 257 g/mol. The smallest absolute Gasteiger partial charge is 0.162 e. The van der Waals surface area contributed by atoms with Gasteiger partial charge in [0.15, 0.2) is 5.78 Å². The first kappa shape index (κ1) is 13.9. The molecule has 1 aromatic carbocycles. The molecule has 19 heavy (non-hydrogen) atoms. The van der Waals surface area contributed by atoms with Crippen LogP contribution in [0.3, 0.4) is 0 Å². The lowest BCUT2D eigenvalue weighted by Crippen LogP contribution is -2.05. The fraction of sp³-hybridized carbons (Fsp3) is 0.471. The van der Waals surface area contributed by atoms with E-state index in [1.165, 1.54) is 25.7 Å². The third kappa shape index (κ3) is 4.23. The summed E-state index contributed by atoms with van der Waals surface area (Å²) in [6.45, 7) is 2.87. The zero-order chi connectivity index (χ0) is 13.5. The lowest BCUT2D eigenvalue weighted by atomic mass is 9.97. The molecule has 1 aliphatic rings. The third-order valence-corrected chi connectivity index (χ3v) is 3.69. The van der Waals surface area contributed by atoms with E-state index in [1.54, 1.807) is 5.57 Å². The van der Waals surface area contributed by atoms with Gasteiger partial charge >= 0.3 is 0 Å². The van der Waals surface area contributed by atoms with Gasteiger partial charge < -0.3 is 5.32 Å². The Balaban J connectivity index is 1.79. The number of rotatable bonds is 6. The van der Waals surface area contributed by atoms with Crippen LogP contribution >= 0.6 is 0 Å². The van der Waals surface area contributed by atoms with Crippen LogP contribution in [0.1, 0.15) is 55.8 Å². The fourth-order valence-electron chi connectivity index (χ4n) is 2.48. The maximum Gasteiger partial charge on any atom is 0.162 e. The number of ketones is 1. The number of carbonyl (C=O) groups excluding carboxylic acids is 1. The number of carbonyl (C=O) groups is 1. The number of hydrogen-bond donors (Lipinski definition) is 1. The van der Waals surface area contributed by atoms with E-state index in [1.807, 2.05) is 31.2 Å². The molecule has 1 N–H and O–H groups in total. The Labute approximate surface area is 115 Å². The van der Waals surface area contributed by atoms with Crippen molar-refractivity contribution in [2.45, 2.75) is 45.4 Å². The average Bonchev–Trinajstić information content (AvgIpc) is 2.48. The molecule has 0 saturated carbocycles. The molecule has 2 rings (SSSR count). The molecule has 0 saturated heterocycles. The molecule has 0 amide bonds. The van der Waals surface area contributed by atoms with Crippen LogP contribution in [-0.2, 0) is 0 Å². The van der Waals surface area contributed by atoms with E-state index in [2.05, 4.69) is 11.4 Å². The minimum Gasteiger partial charge on any atom is -0.385 e. The van der Waals surface area contributed by atoms with Crippen LogP contribution in [0.4, 0.5) is 5.69 Å². The predicted molar refractivity (Wildman–Crippen MR) is 80.7 cm³/mol. The van der Waals surface area contributed by atoms with E-state index in [9.17, 15) is 4.79 Å². The van der Waals surface area contributed by atoms with Gasteiger partial charge in [-0.05, 0) is 56.4 Å². The SMILES string of the molecule is CCC(=O)c1ccc(NCCC2=CCCCC2)cc1. The number of hydrogen-bond acceptors (Lipinski definition) is 2. The van der Waals surface area contributed by atoms with E-state index in [4.69, 9.17) is 0 Å². The molecule has 0 radical (unpaired) electrons. The maximum absolute atomic E-state index is 11.5. The molecule has 0 atom stereocenters. The first-order chi connectivity index (χ1) is 9.29. The summed E-state index contributed by atoms with van der Waals surface area (Å²) in [6, 6.07) is 7.82. The molecule has 1 aliphatic carbocycles. The van der Waals surface area contributed by atoms with Crippen molar-refractivity contribution in [3.8, 4) is 0 Å². The zero-order valence-electron chi connectivity index (χ0n) is 11.7. The van der Waals surface area contributed by atoms with Crippen molar-refractivity contribution in [2.24, 2.45) is 0 Å². The molecule has 0 fully saturated rings. The van der Waals surface area contributed by atoms with Gasteiger partial charge in [0.05, 0.1) is 0 Å². The Morgan fingerprint density at radius 2 is 2.00 bits per heavy atom. The summed E-state index contributed by atoms with van der Waals surface area (Å²) < 4.78 is 0. The summed E-state index contributed by atoms with van der Waals surface area (Å²) in [6.07, 6.45) is 9.32. The Bertz CT molecular complexity index is 445. The Kier molecular flexibility index (Phi) is 5.20. The molecule has 0 aliphatic heterocycles. The second-order valence-corrected chi connectivity index (χ2v) is 5.14. The molecule has 2 nitrogen and oxygen atoms in total. The van der Waals surface area contributed by atoms with E-state index in [0.29, 0.717) is 6.42 Å². The molecule has 2 heteroatoms. The van der Waals surface area contributed by atoms with Gasteiger partial charge in [0.2, 0.25) is 0 Å². The van der Waals surface area contributed by atoms with E-state index in [-0.39, 0.29) is 5.78 Å². The van der Waals surface area contributed by atoms with E-state index < -0.39 is 0 Å². The summed E-state index contributed by atoms with van der Waals surface area (Å²) in [5.74, 6) is 0.207. The number of Topliss-reactive ketones (excluding diaryl/α,β-unsaturated/α-hetero) is 1. The van der Waals surface area contributed by atoms with Gasteiger partial charge in [-0.3, -0.25) is 4.79 Å². The minimum atomic E-state index is 0.207. The predicted octanol–water partition coefficient (Wildman–Crippen LogP) is 4.58. The fourth-order valence-corrected chi connectivity index (χ4v) is 2.48. The first-order valence-corrected chi connectivity index (χ1v) is 7.34. The van der Waals surface area contributed by atoms with Gasteiger partial charge in [-0.25, -0.2) is 0 Å². The van der Waals surface area contributed by atoms with Crippen molar-refractivity contribution in [2.75, 3.05) is 11.9 Å². The van der Waals surface area contributed by atoms with Crippen molar-refractivity contribution < 1.29 is 4.79 Å². The maximum atomic E-state index is 11.5. The van der Waals surface area contributed by atoms with Gasteiger partial charge in [-0.1, -0.05) is 18.6 Å². The highest BCUT2D eigenvalue weighted by Crippen LogP contribution is 2.20. The number of benzene rings is 1. The summed E-state index contributed by atoms with van der Waals surface area (Å²) in [4.78, 5) is 11.5. The quantitative estimate of drug-likeness (QED) is 0.597. The molecular formula is C17H23NO. The molecule has 0 bridgehead atoms. The molecule has 0 aromatic heterocycles. The minimum absolute atomic E-state index is 0.207. The van der Waals surface area contributed by atoms with Crippen LogP contribution in [0.25, 0.3) is 0 Å². The number of nitrogens with one attached hydrogen (secondary N) is 1. The second kappa shape index (κ2) is 7.13. The highest BCUT2D eigenvalue weighted by atomic mass is 16.1. The van der Waals surface area contributed by atoms with Crippen LogP contribution in [0.5, 0.6) is 0 Å². The van der Waals surface area contributed by atoms with Gasteiger partial charge in [0.1, 0.15) is 0 Å². The van der Waals surface area contributed by atoms with Gasteiger partial charge in [-0.2, -0.15) is 0 Å². The molecule has 0 unspecified atom stereocenters. The normalized spacial score (nSPS) is 14.9. The van der Waals surface area contributed by atoms with Crippen molar-refractivity contribution in [3.05, 3.63) is 41.5 Å². The van der Waals surface area contributed by atoms with Crippen LogP contribution in [0.2, 0.25) is 0 Å². The van der Waals surface area contributed by atoms with E-state index >= 15 is 0 Å². The van der Waals surface area contributed by atoms with Crippen molar-refractivity contribution in [3.63, 3.8) is 0 Å². The molecule has 1 aromatic rings. The highest BCUT2D eigenvalue weighted by molar-refractivity contribution is 5.96. The number of allylic oxidation sites excluding steroid dienone is 1. The molecule has 102 valence electrons. The molecular weight excluding hydrogens is 234 g/mol. The summed E-state index contributed by atoms with van der Waals surface area (Å²) in [5.41, 5.74) is 3.50. The van der Waals surface area contributed by atoms with Gasteiger partial charge in [0, 0.05) is 24.2 Å². The van der Waals surface area contributed by atoms with Crippen molar-refractivity contribution >= 4 is 11.5 Å². The van der Waals surface area contributed by atoms with Gasteiger partial charge in [-0.15, -0.1) is 0 Å². The Hall–Kier alpha value is -1.57. The van der Waals surface area contributed by atoms with Crippen LogP contribution in [0.15, 0.2) is 35.9 Å². The van der Waals surface area contributed by atoms with Gasteiger partial charge in [0.25, 0.3) is 0 Å². The average molecular weight is 257 g/mol. The molecule has 0 heterocycles. The van der Waals surface area contributed by atoms with Crippen LogP contribution in [0, 0.1) is 0 Å². The summed E-state index contributed by atoms with van der Waals surface area (Å²) >= 11 is 0. The standard InChI is InChI=1S/C17H23NO/c1-2-17(19)15-8-10-16(11-9-15)18-13-12-14-6-4-3-5-7-14/h6,8-11,18H,2-5,7,12-13H2,1H3. The largest absolute Gasteiger partial charge is 0.385 e. The lowest BCUT2D eigenvalue weighted by molar-refractivity contribution is 0.0988. The van der Waals surface area contributed by atoms with Crippen LogP contribution in [-0.4, -0.2) is 12.3 Å². The zero-order valence-corrected chi connectivity index (χ0v) is 11.7. The molecule has 0 spiro atoms. The first-order valence-electron chi connectivity index (χ1n) is 7.34. The topological polar surface area (TPSA) is 29.1 Å². The lowest BCUT2D eigenvalue weighted by Gasteiger charge is -2.13. The van der Waals surface area contributed by atoms with E-state index in [0.717, 1.165) is 24.2 Å². The highest BCUT2D eigenvalue weighted by Gasteiger charge is 2.04. The second-order valence-electron chi connectivity index (χ2n) is 5.14. The van der Waals surface area contributed by atoms with Crippen molar-refractivity contribution in [1.82, 2.24) is 0 Å². The Morgan fingerprint density at radius 1 is 1.21 bits per heavy atom. The number of anilines is 1. The third-order valence-electron chi connectivity index (χ3n) is 3.69.